The minimum atomic E-state index is -0.0178. The maximum absolute atomic E-state index is 11.8. The lowest BCUT2D eigenvalue weighted by atomic mass is 10.0. The molecule has 3 N–H and O–H groups in total. The van der Waals surface area contributed by atoms with Gasteiger partial charge in [-0.05, 0) is 43.5 Å². The van der Waals surface area contributed by atoms with Gasteiger partial charge in [0.15, 0.2) is 0 Å². The van der Waals surface area contributed by atoms with E-state index in [1.54, 1.807) is 7.11 Å². The van der Waals surface area contributed by atoms with Crippen molar-refractivity contribution in [1.82, 2.24) is 5.32 Å². The van der Waals surface area contributed by atoms with E-state index in [4.69, 9.17) is 10.5 Å². The van der Waals surface area contributed by atoms with Crippen LogP contribution >= 0.6 is 0 Å². The van der Waals surface area contributed by atoms with Crippen molar-refractivity contribution >= 4 is 5.91 Å². The van der Waals surface area contributed by atoms with Gasteiger partial charge in [0.05, 0.1) is 13.2 Å². The molecule has 106 valence electrons. The van der Waals surface area contributed by atoms with Gasteiger partial charge in [0.1, 0.15) is 5.75 Å². The van der Waals surface area contributed by atoms with Crippen LogP contribution in [0.1, 0.15) is 38.3 Å². The van der Waals surface area contributed by atoms with E-state index in [0.29, 0.717) is 18.9 Å². The van der Waals surface area contributed by atoms with Gasteiger partial charge >= 0.3 is 0 Å². The number of methoxy groups -OCH3 is 1. The fourth-order valence-corrected chi connectivity index (χ4v) is 1.80. The Hall–Kier alpha value is -1.55. The molecular weight excluding hydrogens is 240 g/mol. The first-order valence-corrected chi connectivity index (χ1v) is 6.70. The predicted octanol–water partition coefficient (Wildman–Crippen LogP) is 2.25. The van der Waals surface area contributed by atoms with E-state index in [2.05, 4.69) is 12.2 Å². The maximum Gasteiger partial charge on any atom is 0.220 e. The van der Waals surface area contributed by atoms with Crippen LogP contribution in [0.5, 0.6) is 5.75 Å². The van der Waals surface area contributed by atoms with Crippen molar-refractivity contribution in [1.29, 1.82) is 0 Å². The summed E-state index contributed by atoms with van der Waals surface area (Å²) in [6.07, 6.45) is 1.35. The van der Waals surface area contributed by atoms with Crippen molar-refractivity contribution < 1.29 is 9.53 Å². The van der Waals surface area contributed by atoms with Gasteiger partial charge < -0.3 is 15.8 Å². The minimum absolute atomic E-state index is 0.0178. The summed E-state index contributed by atoms with van der Waals surface area (Å²) in [6.45, 7) is 4.65. The van der Waals surface area contributed by atoms with Crippen LogP contribution in [0.3, 0.4) is 0 Å². The van der Waals surface area contributed by atoms with E-state index in [-0.39, 0.29) is 11.9 Å². The largest absolute Gasteiger partial charge is 0.497 e. The Morgan fingerprint density at radius 2 is 2.16 bits per heavy atom. The molecule has 0 aromatic heterocycles. The monoisotopic (exact) mass is 264 g/mol. The first-order valence-electron chi connectivity index (χ1n) is 6.70. The third-order valence-electron chi connectivity index (χ3n) is 3.24. The Labute approximate surface area is 115 Å². The number of hydrogen-bond donors (Lipinski definition) is 2. The molecular formula is C15H24N2O2. The summed E-state index contributed by atoms with van der Waals surface area (Å²) in [5.41, 5.74) is 6.58. The Morgan fingerprint density at radius 1 is 1.42 bits per heavy atom. The number of benzene rings is 1. The normalized spacial score (nSPS) is 13.7. The van der Waals surface area contributed by atoms with Crippen LogP contribution < -0.4 is 15.8 Å². The molecule has 0 saturated heterocycles. The van der Waals surface area contributed by atoms with E-state index in [1.165, 1.54) is 0 Å². The van der Waals surface area contributed by atoms with Crippen molar-refractivity contribution in [2.24, 2.45) is 11.7 Å². The lowest BCUT2D eigenvalue weighted by Crippen LogP contribution is -2.27. The highest BCUT2D eigenvalue weighted by molar-refractivity contribution is 5.76. The van der Waals surface area contributed by atoms with Gasteiger partial charge in [0.2, 0.25) is 5.91 Å². The summed E-state index contributed by atoms with van der Waals surface area (Å²) < 4.78 is 5.18. The molecule has 0 aliphatic rings. The zero-order valence-electron chi connectivity index (χ0n) is 12.0. The predicted molar refractivity (Wildman–Crippen MR) is 77.0 cm³/mol. The number of hydrogen-bond acceptors (Lipinski definition) is 3. The lowest BCUT2D eigenvalue weighted by Gasteiger charge is -2.16. The first-order chi connectivity index (χ1) is 9.06. The average Bonchev–Trinajstić information content (AvgIpc) is 2.44. The summed E-state index contributed by atoms with van der Waals surface area (Å²) in [5.74, 6) is 1.25. The Kier molecular flexibility index (Phi) is 6.36. The number of amides is 1. The van der Waals surface area contributed by atoms with Crippen molar-refractivity contribution in [3.05, 3.63) is 29.8 Å². The third kappa shape index (κ3) is 5.30. The molecule has 1 aromatic carbocycles. The smallest absolute Gasteiger partial charge is 0.220 e. The van der Waals surface area contributed by atoms with Crippen LogP contribution in [-0.2, 0) is 4.79 Å². The molecule has 0 spiro atoms. The lowest BCUT2D eigenvalue weighted by molar-refractivity contribution is -0.122. The van der Waals surface area contributed by atoms with Crippen LogP contribution in [0.4, 0.5) is 0 Å². The van der Waals surface area contributed by atoms with Gasteiger partial charge in [0, 0.05) is 6.42 Å². The SMILES string of the molecule is COc1cccc([C@@H](C)NC(=O)CCC(C)CN)c1. The summed E-state index contributed by atoms with van der Waals surface area (Å²) in [6, 6.07) is 7.72. The minimum Gasteiger partial charge on any atom is -0.497 e. The Balaban J connectivity index is 2.49. The summed E-state index contributed by atoms with van der Waals surface area (Å²) in [4.78, 5) is 11.8. The highest BCUT2D eigenvalue weighted by Crippen LogP contribution is 2.19. The van der Waals surface area contributed by atoms with Gasteiger partial charge in [-0.1, -0.05) is 19.1 Å². The van der Waals surface area contributed by atoms with E-state index >= 15 is 0 Å². The quantitative estimate of drug-likeness (QED) is 0.794. The molecule has 1 rings (SSSR count). The highest BCUT2D eigenvalue weighted by atomic mass is 16.5. The summed E-state index contributed by atoms with van der Waals surface area (Å²) in [5, 5.41) is 2.99. The van der Waals surface area contributed by atoms with Crippen LogP contribution in [0.25, 0.3) is 0 Å². The molecule has 1 amide bonds. The van der Waals surface area contributed by atoms with Gasteiger partial charge in [-0.15, -0.1) is 0 Å². The summed E-state index contributed by atoms with van der Waals surface area (Å²) >= 11 is 0. The van der Waals surface area contributed by atoms with Crippen LogP contribution in [0.2, 0.25) is 0 Å². The molecule has 1 aromatic rings. The fraction of sp³-hybridized carbons (Fsp3) is 0.533. The molecule has 0 radical (unpaired) electrons. The van der Waals surface area contributed by atoms with E-state index in [9.17, 15) is 4.79 Å². The number of rotatable bonds is 7. The number of nitrogens with one attached hydrogen (secondary N) is 1. The second kappa shape index (κ2) is 7.79. The number of nitrogens with two attached hydrogens (primary N) is 1. The Morgan fingerprint density at radius 3 is 2.79 bits per heavy atom. The van der Waals surface area contributed by atoms with E-state index in [0.717, 1.165) is 17.7 Å². The maximum atomic E-state index is 11.8. The zero-order valence-corrected chi connectivity index (χ0v) is 12.0. The zero-order chi connectivity index (χ0) is 14.3. The summed E-state index contributed by atoms with van der Waals surface area (Å²) in [7, 11) is 1.64. The van der Waals surface area contributed by atoms with Crippen LogP contribution in [0, 0.1) is 5.92 Å². The van der Waals surface area contributed by atoms with Gasteiger partial charge in [-0.3, -0.25) is 4.79 Å². The molecule has 0 aliphatic carbocycles. The number of ether oxygens (including phenoxy) is 1. The molecule has 1 unspecified atom stereocenters. The third-order valence-corrected chi connectivity index (χ3v) is 3.24. The molecule has 0 saturated carbocycles. The Bertz CT molecular complexity index is 407. The topological polar surface area (TPSA) is 64.3 Å². The van der Waals surface area contributed by atoms with Crippen LogP contribution in [0.15, 0.2) is 24.3 Å². The molecule has 0 bridgehead atoms. The molecule has 19 heavy (non-hydrogen) atoms. The van der Waals surface area contributed by atoms with Crippen molar-refractivity contribution in [2.45, 2.75) is 32.7 Å². The standard InChI is InChI=1S/C15H24N2O2/c1-11(10-16)7-8-15(18)17-12(2)13-5-4-6-14(9-13)19-3/h4-6,9,11-12H,7-8,10,16H2,1-3H3,(H,17,18)/t11?,12-/m1/s1. The second-order valence-corrected chi connectivity index (χ2v) is 4.95. The average molecular weight is 264 g/mol. The van der Waals surface area contributed by atoms with Crippen molar-refractivity contribution in [2.75, 3.05) is 13.7 Å². The molecule has 0 fully saturated rings. The van der Waals surface area contributed by atoms with E-state index < -0.39 is 0 Å². The van der Waals surface area contributed by atoms with Gasteiger partial charge in [-0.25, -0.2) is 0 Å². The van der Waals surface area contributed by atoms with Gasteiger partial charge in [0.25, 0.3) is 0 Å². The number of carbonyl (C=O) groups excluding carboxylic acids is 1. The van der Waals surface area contributed by atoms with Gasteiger partial charge in [-0.2, -0.15) is 0 Å². The fourth-order valence-electron chi connectivity index (χ4n) is 1.80. The van der Waals surface area contributed by atoms with Crippen LogP contribution in [-0.4, -0.2) is 19.6 Å². The molecule has 2 atom stereocenters. The number of carbonyl (C=O) groups is 1. The second-order valence-electron chi connectivity index (χ2n) is 4.95. The highest BCUT2D eigenvalue weighted by Gasteiger charge is 2.11. The first kappa shape index (κ1) is 15.5. The molecule has 0 heterocycles. The van der Waals surface area contributed by atoms with Crippen molar-refractivity contribution in [3.8, 4) is 5.75 Å². The van der Waals surface area contributed by atoms with Crippen molar-refractivity contribution in [3.63, 3.8) is 0 Å². The molecule has 4 heteroatoms. The molecule has 4 nitrogen and oxygen atoms in total. The molecule has 0 aliphatic heterocycles. The van der Waals surface area contributed by atoms with E-state index in [1.807, 2.05) is 31.2 Å².